The van der Waals surface area contributed by atoms with Crippen molar-refractivity contribution in [2.75, 3.05) is 0 Å². The van der Waals surface area contributed by atoms with Gasteiger partial charge in [-0.15, -0.1) is 0 Å². The number of aromatic nitrogens is 5. The SMILES string of the molecule is N#Cc1ccc2c(c1)c1ccccc1n2-c1cnc2c(c1)C1(c3ccccc3Sc3cc(-n4c5ccc(C#N)cc5c5cc(-n6c7ccccc7c7ccccc76)ccc54)ccc31)c1cccnc1-2. The van der Waals surface area contributed by atoms with Crippen molar-refractivity contribution < 1.29 is 0 Å². The highest BCUT2D eigenvalue weighted by Crippen LogP contribution is 2.62. The molecule has 0 N–H and O–H groups in total. The van der Waals surface area contributed by atoms with E-state index in [1.54, 1.807) is 11.8 Å². The van der Waals surface area contributed by atoms with Crippen LogP contribution in [0, 0.1) is 22.7 Å². The Balaban J connectivity index is 0.967. The van der Waals surface area contributed by atoms with Gasteiger partial charge in [-0.25, -0.2) is 0 Å². The minimum atomic E-state index is -0.732. The molecule has 1 atom stereocenters. The van der Waals surface area contributed by atoms with Gasteiger partial charge in [-0.05, 0) is 120 Å². The van der Waals surface area contributed by atoms with Gasteiger partial charge in [-0.1, -0.05) is 96.7 Å². The van der Waals surface area contributed by atoms with Crippen LogP contribution in [0.4, 0.5) is 0 Å². The average molecular weight is 896 g/mol. The summed E-state index contributed by atoms with van der Waals surface area (Å²) in [5.41, 5.74) is 16.3. The van der Waals surface area contributed by atoms with Crippen LogP contribution in [0.15, 0.2) is 210 Å². The van der Waals surface area contributed by atoms with E-state index in [9.17, 15) is 10.5 Å². The molecule has 0 amide bonds. The van der Waals surface area contributed by atoms with Crippen molar-refractivity contribution in [3.8, 4) is 40.6 Å². The average Bonchev–Trinajstić information content (AvgIpc) is 4.12. The molecule has 1 unspecified atom stereocenters. The number of nitrogens with zero attached hydrogens (tertiary/aromatic N) is 7. The zero-order chi connectivity index (χ0) is 45.5. The summed E-state index contributed by atoms with van der Waals surface area (Å²) in [6.45, 7) is 0. The van der Waals surface area contributed by atoms with Crippen molar-refractivity contribution in [1.82, 2.24) is 23.7 Å². The normalized spacial score (nSPS) is 14.6. The molecular weight excluding hydrogens is 863 g/mol. The summed E-state index contributed by atoms with van der Waals surface area (Å²) in [5.74, 6) is 0. The minimum absolute atomic E-state index is 0.622. The molecule has 0 bridgehead atoms. The lowest BCUT2D eigenvalue weighted by atomic mass is 9.67. The molecule has 1 spiro atoms. The molecule has 8 aromatic carbocycles. The molecule has 0 saturated carbocycles. The van der Waals surface area contributed by atoms with E-state index in [1.165, 1.54) is 26.8 Å². The Hall–Kier alpha value is -9.21. The largest absolute Gasteiger partial charge is 0.309 e. The number of fused-ring (bicyclic) bond motifs is 18. The van der Waals surface area contributed by atoms with Gasteiger partial charge in [0, 0.05) is 65.2 Å². The van der Waals surface area contributed by atoms with Gasteiger partial charge in [0.2, 0.25) is 0 Å². The van der Waals surface area contributed by atoms with E-state index in [4.69, 9.17) is 9.97 Å². The molecule has 13 aromatic rings. The number of pyridine rings is 2. The number of hydrogen-bond acceptors (Lipinski definition) is 5. The molecule has 15 rings (SSSR count). The molecule has 318 valence electrons. The third kappa shape index (κ3) is 5.00. The first-order valence-electron chi connectivity index (χ1n) is 22.9. The van der Waals surface area contributed by atoms with Crippen LogP contribution in [-0.2, 0) is 5.41 Å². The van der Waals surface area contributed by atoms with Crippen LogP contribution in [0.2, 0.25) is 0 Å². The Morgan fingerprint density at radius 3 is 1.55 bits per heavy atom. The summed E-state index contributed by atoms with van der Waals surface area (Å²) >= 11 is 1.80. The lowest BCUT2D eigenvalue weighted by Crippen LogP contribution is -2.32. The topological polar surface area (TPSA) is 88.1 Å². The third-order valence-electron chi connectivity index (χ3n) is 14.6. The van der Waals surface area contributed by atoms with Crippen molar-refractivity contribution in [3.63, 3.8) is 0 Å². The maximum absolute atomic E-state index is 10.2. The lowest BCUT2D eigenvalue weighted by molar-refractivity contribution is 0.718. The highest BCUT2D eigenvalue weighted by atomic mass is 32.2. The fraction of sp³-hybridized carbons (Fsp3) is 0.0164. The van der Waals surface area contributed by atoms with E-state index in [-0.39, 0.29) is 0 Å². The molecule has 0 fully saturated rings. The number of hydrogen-bond donors (Lipinski definition) is 0. The summed E-state index contributed by atoms with van der Waals surface area (Å²) in [6, 6.07) is 71.4. The standard InChI is InChI=1S/C61H33N7S/c62-33-36-19-24-54-44(28-36)43-12-3-7-17-53(43)68(54)40-31-50-60(65-35-40)59-49(14-9-27-64-59)61(50)47-13-4-8-18-57(47)69-58-32-39(21-23-48(58)61)67-55-25-20-37(34-63)29-45(55)46-30-38(22-26-56(46)67)66-51-15-5-1-10-41(51)42-11-2-6-16-52(42)66/h1-32,35H. The Labute approximate surface area is 399 Å². The quantitative estimate of drug-likeness (QED) is 0.176. The second-order valence-electron chi connectivity index (χ2n) is 18.0. The minimum Gasteiger partial charge on any atom is -0.309 e. The first-order chi connectivity index (χ1) is 34.1. The van der Waals surface area contributed by atoms with Crippen molar-refractivity contribution >= 4 is 77.2 Å². The van der Waals surface area contributed by atoms with Gasteiger partial charge in [-0.2, -0.15) is 10.5 Å². The third-order valence-corrected chi connectivity index (χ3v) is 15.8. The van der Waals surface area contributed by atoms with Crippen molar-refractivity contribution in [2.45, 2.75) is 15.2 Å². The van der Waals surface area contributed by atoms with Crippen LogP contribution >= 0.6 is 11.8 Å². The Morgan fingerprint density at radius 1 is 0.377 bits per heavy atom. The van der Waals surface area contributed by atoms with E-state index in [2.05, 4.69) is 184 Å². The summed E-state index contributed by atoms with van der Waals surface area (Å²) in [5, 5.41) is 26.7. The smallest absolute Gasteiger partial charge is 0.0991 e. The van der Waals surface area contributed by atoms with Gasteiger partial charge in [0.25, 0.3) is 0 Å². The highest BCUT2D eigenvalue weighted by Gasteiger charge is 2.52. The number of para-hydroxylation sites is 3. The van der Waals surface area contributed by atoms with Crippen LogP contribution < -0.4 is 0 Å². The Bertz CT molecular complexity index is 4470. The lowest BCUT2D eigenvalue weighted by Gasteiger charge is -2.39. The maximum atomic E-state index is 10.2. The van der Waals surface area contributed by atoms with Crippen molar-refractivity contribution in [2.24, 2.45) is 0 Å². The predicted octanol–water partition coefficient (Wildman–Crippen LogP) is 14.3. The second-order valence-corrected chi connectivity index (χ2v) is 19.0. The van der Waals surface area contributed by atoms with Crippen LogP contribution in [0.25, 0.3) is 93.9 Å². The molecule has 7 nitrogen and oxygen atoms in total. The van der Waals surface area contributed by atoms with Crippen LogP contribution in [0.1, 0.15) is 33.4 Å². The van der Waals surface area contributed by atoms with Gasteiger partial charge < -0.3 is 13.7 Å². The molecule has 69 heavy (non-hydrogen) atoms. The van der Waals surface area contributed by atoms with Crippen LogP contribution in [-0.4, -0.2) is 23.7 Å². The highest BCUT2D eigenvalue weighted by molar-refractivity contribution is 7.99. The number of benzene rings is 8. The number of nitriles is 2. The molecule has 6 heterocycles. The summed E-state index contributed by atoms with van der Waals surface area (Å²) < 4.78 is 6.99. The molecule has 1 aliphatic heterocycles. The molecule has 5 aromatic heterocycles. The van der Waals surface area contributed by atoms with E-state index in [0.717, 1.165) is 99.1 Å². The fourth-order valence-corrected chi connectivity index (χ4v) is 13.1. The second kappa shape index (κ2) is 13.9. The summed E-state index contributed by atoms with van der Waals surface area (Å²) in [7, 11) is 0. The van der Waals surface area contributed by atoms with E-state index < -0.39 is 5.41 Å². The van der Waals surface area contributed by atoms with E-state index >= 15 is 0 Å². The van der Waals surface area contributed by atoms with E-state index in [1.807, 2.05) is 42.7 Å². The molecular formula is C61H33N7S. The van der Waals surface area contributed by atoms with Gasteiger partial charge in [0.15, 0.2) is 0 Å². The van der Waals surface area contributed by atoms with Gasteiger partial charge in [-0.3, -0.25) is 9.97 Å². The maximum Gasteiger partial charge on any atom is 0.0991 e. The van der Waals surface area contributed by atoms with Gasteiger partial charge >= 0.3 is 0 Å². The monoisotopic (exact) mass is 895 g/mol. The first-order valence-corrected chi connectivity index (χ1v) is 23.7. The zero-order valence-corrected chi connectivity index (χ0v) is 37.4. The van der Waals surface area contributed by atoms with Crippen molar-refractivity contribution in [3.05, 3.63) is 234 Å². The van der Waals surface area contributed by atoms with Crippen LogP contribution in [0.5, 0.6) is 0 Å². The molecule has 0 saturated heterocycles. The molecule has 0 radical (unpaired) electrons. The van der Waals surface area contributed by atoms with Gasteiger partial charge in [0.05, 0.1) is 85.1 Å². The Kier molecular flexibility index (Phi) is 7.65. The molecule has 8 heteroatoms. The first kappa shape index (κ1) is 38.0. The summed E-state index contributed by atoms with van der Waals surface area (Å²) in [4.78, 5) is 12.7. The van der Waals surface area contributed by atoms with Gasteiger partial charge in [0.1, 0.15) is 0 Å². The fourth-order valence-electron chi connectivity index (χ4n) is 11.9. The van der Waals surface area contributed by atoms with Crippen LogP contribution in [0.3, 0.4) is 0 Å². The number of rotatable bonds is 3. The zero-order valence-electron chi connectivity index (χ0n) is 36.6. The Morgan fingerprint density at radius 2 is 0.870 bits per heavy atom. The van der Waals surface area contributed by atoms with E-state index in [0.29, 0.717) is 11.1 Å². The predicted molar refractivity (Wildman–Crippen MR) is 276 cm³/mol. The molecule has 2 aliphatic rings. The summed E-state index contributed by atoms with van der Waals surface area (Å²) in [6.07, 6.45) is 3.84. The molecule has 1 aliphatic carbocycles. The van der Waals surface area contributed by atoms with Crippen molar-refractivity contribution in [1.29, 1.82) is 10.5 Å².